The molecule has 0 aliphatic rings. The summed E-state index contributed by atoms with van der Waals surface area (Å²) in [7, 11) is 2.10. The van der Waals surface area contributed by atoms with Crippen LogP contribution in [0.2, 0.25) is 0 Å². The van der Waals surface area contributed by atoms with Gasteiger partial charge in [0.15, 0.2) is 0 Å². The van der Waals surface area contributed by atoms with Crippen LogP contribution in [0.15, 0.2) is 18.2 Å². The third-order valence-electron chi connectivity index (χ3n) is 2.53. The summed E-state index contributed by atoms with van der Waals surface area (Å²) < 4.78 is 0. The average molecular weight is 221 g/mol. The van der Waals surface area contributed by atoms with Crippen LogP contribution in [0.4, 0.5) is 11.6 Å². The van der Waals surface area contributed by atoms with Gasteiger partial charge < -0.3 is 10.2 Å². The maximum absolute atomic E-state index is 4.58. The normalized spacial score (nSPS) is 10.2. The average Bonchev–Trinajstić information content (AvgIpc) is 2.33. The minimum Gasteiger partial charge on any atom is -0.370 e. The van der Waals surface area contributed by atoms with E-state index in [1.807, 2.05) is 6.07 Å². The van der Waals surface area contributed by atoms with E-state index in [2.05, 4.69) is 48.2 Å². The Morgan fingerprint density at radius 2 is 2.06 bits per heavy atom. The molecule has 1 heterocycles. The van der Waals surface area contributed by atoms with Crippen LogP contribution in [-0.2, 0) is 0 Å². The lowest BCUT2D eigenvalue weighted by molar-refractivity contribution is 0.759. The van der Waals surface area contributed by atoms with Gasteiger partial charge in [-0.2, -0.15) is 0 Å². The number of unbranched alkanes of at least 4 members (excludes halogenated alkanes) is 1. The number of rotatable bonds is 7. The van der Waals surface area contributed by atoms with Gasteiger partial charge in [0.2, 0.25) is 0 Å². The fraction of sp³-hybridized carbons (Fsp3) is 0.615. The van der Waals surface area contributed by atoms with Gasteiger partial charge in [-0.05, 0) is 25.0 Å². The molecule has 0 amide bonds. The van der Waals surface area contributed by atoms with Crippen LogP contribution in [0.3, 0.4) is 0 Å². The first-order chi connectivity index (χ1) is 7.77. The van der Waals surface area contributed by atoms with Gasteiger partial charge >= 0.3 is 0 Å². The largest absolute Gasteiger partial charge is 0.370 e. The molecule has 1 N–H and O–H groups in total. The van der Waals surface area contributed by atoms with Crippen molar-refractivity contribution in [1.29, 1.82) is 0 Å². The van der Waals surface area contributed by atoms with Crippen molar-refractivity contribution < 1.29 is 0 Å². The summed E-state index contributed by atoms with van der Waals surface area (Å²) >= 11 is 0. The Balaban J connectivity index is 2.58. The van der Waals surface area contributed by atoms with Gasteiger partial charge in [0.25, 0.3) is 0 Å². The highest BCUT2D eigenvalue weighted by atomic mass is 15.2. The molecule has 0 saturated carbocycles. The summed E-state index contributed by atoms with van der Waals surface area (Å²) in [5, 5.41) is 3.31. The molecule has 90 valence electrons. The third kappa shape index (κ3) is 4.09. The van der Waals surface area contributed by atoms with Crippen molar-refractivity contribution in [3.05, 3.63) is 18.2 Å². The highest BCUT2D eigenvalue weighted by Gasteiger charge is 2.02. The smallest absolute Gasteiger partial charge is 0.130 e. The third-order valence-corrected chi connectivity index (χ3v) is 2.53. The van der Waals surface area contributed by atoms with E-state index in [4.69, 9.17) is 0 Å². The first-order valence-electron chi connectivity index (χ1n) is 6.20. The van der Waals surface area contributed by atoms with E-state index in [1.165, 1.54) is 12.8 Å². The molecule has 0 radical (unpaired) electrons. The van der Waals surface area contributed by atoms with Crippen molar-refractivity contribution in [3.63, 3.8) is 0 Å². The van der Waals surface area contributed by atoms with Gasteiger partial charge in [0, 0.05) is 20.1 Å². The van der Waals surface area contributed by atoms with Crippen molar-refractivity contribution in [3.8, 4) is 0 Å². The lowest BCUT2D eigenvalue weighted by Gasteiger charge is -2.18. The topological polar surface area (TPSA) is 28.2 Å². The lowest BCUT2D eigenvalue weighted by Crippen LogP contribution is -2.19. The summed E-state index contributed by atoms with van der Waals surface area (Å²) in [6.45, 7) is 6.42. The van der Waals surface area contributed by atoms with E-state index in [0.29, 0.717) is 0 Å². The number of aromatic nitrogens is 1. The summed E-state index contributed by atoms with van der Waals surface area (Å²) in [6.07, 6.45) is 3.56. The molecule has 0 aliphatic heterocycles. The van der Waals surface area contributed by atoms with Gasteiger partial charge in [-0.1, -0.05) is 26.3 Å². The molecule has 0 aromatic carbocycles. The fourth-order valence-corrected chi connectivity index (χ4v) is 1.50. The van der Waals surface area contributed by atoms with Crippen LogP contribution in [-0.4, -0.2) is 25.1 Å². The molecule has 1 rings (SSSR count). The van der Waals surface area contributed by atoms with Gasteiger partial charge in [0.05, 0.1) is 0 Å². The number of pyridine rings is 1. The van der Waals surface area contributed by atoms with E-state index in [0.717, 1.165) is 31.1 Å². The second-order valence-electron chi connectivity index (χ2n) is 4.08. The van der Waals surface area contributed by atoms with E-state index in [-0.39, 0.29) is 0 Å². The molecule has 0 saturated heterocycles. The van der Waals surface area contributed by atoms with E-state index in [1.54, 1.807) is 0 Å². The second-order valence-corrected chi connectivity index (χ2v) is 4.08. The molecule has 3 heteroatoms. The Labute approximate surface area is 98.9 Å². The number of anilines is 2. The summed E-state index contributed by atoms with van der Waals surface area (Å²) in [4.78, 5) is 6.79. The summed E-state index contributed by atoms with van der Waals surface area (Å²) in [5.74, 6) is 2.03. The van der Waals surface area contributed by atoms with Crippen LogP contribution in [0.5, 0.6) is 0 Å². The van der Waals surface area contributed by atoms with Crippen molar-refractivity contribution >= 4 is 11.6 Å². The lowest BCUT2D eigenvalue weighted by atomic mass is 10.3. The Morgan fingerprint density at radius 3 is 2.75 bits per heavy atom. The van der Waals surface area contributed by atoms with E-state index in [9.17, 15) is 0 Å². The van der Waals surface area contributed by atoms with Gasteiger partial charge in [-0.25, -0.2) is 4.98 Å². The zero-order valence-corrected chi connectivity index (χ0v) is 10.7. The molecule has 0 fully saturated rings. The van der Waals surface area contributed by atoms with Crippen LogP contribution in [0.25, 0.3) is 0 Å². The first kappa shape index (κ1) is 12.8. The number of nitrogens with zero attached hydrogens (tertiary/aromatic N) is 2. The SMILES string of the molecule is CCCCN(C)c1cccc(NCCC)n1. The molecular formula is C13H23N3. The van der Waals surface area contributed by atoms with E-state index < -0.39 is 0 Å². The maximum atomic E-state index is 4.58. The van der Waals surface area contributed by atoms with Crippen molar-refractivity contribution in [2.75, 3.05) is 30.4 Å². The summed E-state index contributed by atoms with van der Waals surface area (Å²) in [5.41, 5.74) is 0. The Bertz CT molecular complexity index is 299. The van der Waals surface area contributed by atoms with Crippen LogP contribution in [0, 0.1) is 0 Å². The highest BCUT2D eigenvalue weighted by Crippen LogP contribution is 2.13. The molecule has 1 aromatic rings. The fourth-order valence-electron chi connectivity index (χ4n) is 1.50. The molecule has 3 nitrogen and oxygen atoms in total. The van der Waals surface area contributed by atoms with Crippen LogP contribution < -0.4 is 10.2 Å². The van der Waals surface area contributed by atoms with Crippen molar-refractivity contribution in [2.24, 2.45) is 0 Å². The standard InChI is InChI=1S/C13H23N3/c1-4-6-11-16(3)13-9-7-8-12(15-13)14-10-5-2/h7-9H,4-6,10-11H2,1-3H3,(H,14,15). The Hall–Kier alpha value is -1.25. The van der Waals surface area contributed by atoms with Crippen LogP contribution in [0.1, 0.15) is 33.1 Å². The molecule has 0 atom stereocenters. The predicted molar refractivity (Wildman–Crippen MR) is 71.2 cm³/mol. The minimum atomic E-state index is 0.975. The van der Waals surface area contributed by atoms with Crippen molar-refractivity contribution in [1.82, 2.24) is 4.98 Å². The zero-order valence-electron chi connectivity index (χ0n) is 10.7. The summed E-state index contributed by atoms with van der Waals surface area (Å²) in [6, 6.07) is 6.14. The predicted octanol–water partition coefficient (Wildman–Crippen LogP) is 3.14. The van der Waals surface area contributed by atoms with Gasteiger partial charge in [0.1, 0.15) is 11.6 Å². The van der Waals surface area contributed by atoms with Crippen LogP contribution >= 0.6 is 0 Å². The van der Waals surface area contributed by atoms with Gasteiger partial charge in [-0.15, -0.1) is 0 Å². The number of nitrogens with one attached hydrogen (secondary N) is 1. The molecule has 0 aliphatic carbocycles. The Morgan fingerprint density at radius 1 is 1.25 bits per heavy atom. The molecule has 0 bridgehead atoms. The monoisotopic (exact) mass is 221 g/mol. The number of hydrogen-bond donors (Lipinski definition) is 1. The van der Waals surface area contributed by atoms with E-state index >= 15 is 0 Å². The molecule has 0 unspecified atom stereocenters. The number of hydrogen-bond acceptors (Lipinski definition) is 3. The first-order valence-corrected chi connectivity index (χ1v) is 6.20. The molecular weight excluding hydrogens is 198 g/mol. The molecule has 1 aromatic heterocycles. The zero-order chi connectivity index (χ0) is 11.8. The molecule has 16 heavy (non-hydrogen) atoms. The Kier molecular flexibility index (Phi) is 5.68. The highest BCUT2D eigenvalue weighted by molar-refractivity contribution is 5.46. The van der Waals surface area contributed by atoms with Gasteiger partial charge in [-0.3, -0.25) is 0 Å². The molecule has 0 spiro atoms. The quantitative estimate of drug-likeness (QED) is 0.766. The van der Waals surface area contributed by atoms with Crippen molar-refractivity contribution in [2.45, 2.75) is 33.1 Å². The maximum Gasteiger partial charge on any atom is 0.130 e. The second kappa shape index (κ2) is 7.09. The minimum absolute atomic E-state index is 0.975.